The predicted molar refractivity (Wildman–Crippen MR) is 110 cm³/mol. The van der Waals surface area contributed by atoms with Gasteiger partial charge in [0, 0.05) is 18.2 Å². The van der Waals surface area contributed by atoms with E-state index in [0.29, 0.717) is 17.3 Å². The number of nitrogens with zero attached hydrogens (tertiary/aromatic N) is 3. The third-order valence-electron chi connectivity index (χ3n) is 4.81. The highest BCUT2D eigenvalue weighted by Gasteiger charge is 2.18. The van der Waals surface area contributed by atoms with Gasteiger partial charge in [-0.15, -0.1) is 0 Å². The Bertz CT molecular complexity index is 982. The molecule has 0 aliphatic rings. The topological polar surface area (TPSA) is 59.2 Å². The van der Waals surface area contributed by atoms with E-state index in [-0.39, 0.29) is 17.9 Å². The SMILES string of the molecule is Cc1ccc(C(=O)N(C)Cc2nc(-c3ccc(C(C)(C)C)cc3)no2)c(C)c1. The molecule has 0 aliphatic heterocycles. The first-order valence-corrected chi connectivity index (χ1v) is 9.41. The first kappa shape index (κ1) is 19.8. The minimum atomic E-state index is -0.0632. The molecule has 146 valence electrons. The first-order valence-electron chi connectivity index (χ1n) is 9.41. The molecule has 0 radical (unpaired) electrons. The molecule has 28 heavy (non-hydrogen) atoms. The molecular formula is C23H27N3O2. The van der Waals surface area contributed by atoms with Gasteiger partial charge < -0.3 is 9.42 Å². The molecule has 0 atom stereocenters. The maximum absolute atomic E-state index is 12.7. The summed E-state index contributed by atoms with van der Waals surface area (Å²) in [6, 6.07) is 14.0. The van der Waals surface area contributed by atoms with Crippen LogP contribution in [0.5, 0.6) is 0 Å². The van der Waals surface area contributed by atoms with Gasteiger partial charge in [0.15, 0.2) is 0 Å². The average Bonchev–Trinajstić information content (AvgIpc) is 3.09. The van der Waals surface area contributed by atoms with E-state index in [2.05, 4.69) is 43.0 Å². The molecule has 5 heteroatoms. The molecule has 1 aromatic heterocycles. The summed E-state index contributed by atoms with van der Waals surface area (Å²) in [6.07, 6.45) is 0. The molecule has 0 spiro atoms. The molecular weight excluding hydrogens is 350 g/mol. The molecule has 3 aromatic rings. The smallest absolute Gasteiger partial charge is 0.254 e. The van der Waals surface area contributed by atoms with Crippen LogP contribution in [-0.2, 0) is 12.0 Å². The van der Waals surface area contributed by atoms with E-state index >= 15 is 0 Å². The van der Waals surface area contributed by atoms with Crippen molar-refractivity contribution in [2.24, 2.45) is 0 Å². The third kappa shape index (κ3) is 4.30. The van der Waals surface area contributed by atoms with Crippen LogP contribution in [0.1, 0.15) is 53.7 Å². The Morgan fingerprint density at radius 3 is 2.36 bits per heavy atom. The lowest BCUT2D eigenvalue weighted by Gasteiger charge is -2.18. The van der Waals surface area contributed by atoms with Crippen LogP contribution in [0.2, 0.25) is 0 Å². The minimum absolute atomic E-state index is 0.0632. The zero-order valence-corrected chi connectivity index (χ0v) is 17.4. The van der Waals surface area contributed by atoms with Gasteiger partial charge in [0.25, 0.3) is 5.91 Å². The highest BCUT2D eigenvalue weighted by atomic mass is 16.5. The largest absolute Gasteiger partial charge is 0.337 e. The van der Waals surface area contributed by atoms with Crippen molar-refractivity contribution in [3.05, 3.63) is 70.6 Å². The van der Waals surface area contributed by atoms with Gasteiger partial charge in [0.1, 0.15) is 0 Å². The second kappa shape index (κ2) is 7.58. The number of carbonyl (C=O) groups is 1. The summed E-state index contributed by atoms with van der Waals surface area (Å²) in [5.41, 5.74) is 5.02. The fourth-order valence-electron chi connectivity index (χ4n) is 3.09. The highest BCUT2D eigenvalue weighted by molar-refractivity contribution is 5.95. The lowest BCUT2D eigenvalue weighted by atomic mass is 9.87. The fourth-order valence-corrected chi connectivity index (χ4v) is 3.09. The fraction of sp³-hybridized carbons (Fsp3) is 0.348. The quantitative estimate of drug-likeness (QED) is 0.647. The van der Waals surface area contributed by atoms with Crippen molar-refractivity contribution in [2.75, 3.05) is 7.05 Å². The van der Waals surface area contributed by atoms with Crippen LogP contribution in [0.15, 0.2) is 47.0 Å². The standard InChI is InChI=1S/C23H27N3O2/c1-15-7-12-19(16(2)13-15)22(27)26(6)14-20-24-21(25-28-20)17-8-10-18(11-9-17)23(3,4)5/h7-13H,14H2,1-6H3. The van der Waals surface area contributed by atoms with Crippen LogP contribution < -0.4 is 0 Å². The van der Waals surface area contributed by atoms with Gasteiger partial charge in [-0.05, 0) is 36.5 Å². The van der Waals surface area contributed by atoms with E-state index in [0.717, 1.165) is 16.7 Å². The van der Waals surface area contributed by atoms with Crippen LogP contribution in [0, 0.1) is 13.8 Å². The molecule has 5 nitrogen and oxygen atoms in total. The number of hydrogen-bond acceptors (Lipinski definition) is 4. The van der Waals surface area contributed by atoms with E-state index in [9.17, 15) is 4.79 Å². The Kier molecular flexibility index (Phi) is 5.36. The Balaban J connectivity index is 1.72. The van der Waals surface area contributed by atoms with Gasteiger partial charge in [0.2, 0.25) is 11.7 Å². The normalized spacial score (nSPS) is 11.5. The van der Waals surface area contributed by atoms with Crippen LogP contribution in [0.4, 0.5) is 0 Å². The van der Waals surface area contributed by atoms with E-state index in [4.69, 9.17) is 4.52 Å². The van der Waals surface area contributed by atoms with Crippen LogP contribution in [-0.4, -0.2) is 28.0 Å². The number of aromatic nitrogens is 2. The maximum atomic E-state index is 12.7. The minimum Gasteiger partial charge on any atom is -0.337 e. The summed E-state index contributed by atoms with van der Waals surface area (Å²) in [7, 11) is 1.74. The number of rotatable bonds is 4. The van der Waals surface area contributed by atoms with Gasteiger partial charge in [-0.3, -0.25) is 4.79 Å². The van der Waals surface area contributed by atoms with Crippen LogP contribution in [0.3, 0.4) is 0 Å². The van der Waals surface area contributed by atoms with Crippen molar-refractivity contribution in [1.29, 1.82) is 0 Å². The summed E-state index contributed by atoms with van der Waals surface area (Å²) in [5, 5.41) is 4.07. The van der Waals surface area contributed by atoms with E-state index in [1.807, 2.05) is 44.2 Å². The average molecular weight is 377 g/mol. The molecule has 0 unspecified atom stereocenters. The molecule has 0 fully saturated rings. The van der Waals surface area contributed by atoms with E-state index in [1.54, 1.807) is 11.9 Å². The molecule has 2 aromatic carbocycles. The predicted octanol–water partition coefficient (Wildman–Crippen LogP) is 4.92. The van der Waals surface area contributed by atoms with Crippen molar-refractivity contribution in [3.63, 3.8) is 0 Å². The Morgan fingerprint density at radius 1 is 1.07 bits per heavy atom. The first-order chi connectivity index (χ1) is 13.1. The van der Waals surface area contributed by atoms with Crippen molar-refractivity contribution >= 4 is 5.91 Å². The van der Waals surface area contributed by atoms with Crippen molar-refractivity contribution in [3.8, 4) is 11.4 Å². The molecule has 1 heterocycles. The molecule has 0 aliphatic carbocycles. The van der Waals surface area contributed by atoms with Gasteiger partial charge in [-0.25, -0.2) is 0 Å². The third-order valence-corrected chi connectivity index (χ3v) is 4.81. The lowest BCUT2D eigenvalue weighted by molar-refractivity contribution is 0.0769. The molecule has 3 rings (SSSR count). The summed E-state index contributed by atoms with van der Waals surface area (Å²) in [6.45, 7) is 10.8. The Hall–Kier alpha value is -2.95. The molecule has 0 bridgehead atoms. The zero-order valence-electron chi connectivity index (χ0n) is 17.4. The van der Waals surface area contributed by atoms with Gasteiger partial charge >= 0.3 is 0 Å². The van der Waals surface area contributed by atoms with Gasteiger partial charge in [-0.2, -0.15) is 4.98 Å². The highest BCUT2D eigenvalue weighted by Crippen LogP contribution is 2.25. The molecule has 0 N–H and O–H groups in total. The number of carbonyl (C=O) groups excluding carboxylic acids is 1. The van der Waals surface area contributed by atoms with Crippen molar-refractivity contribution in [2.45, 2.75) is 46.6 Å². The zero-order chi connectivity index (χ0) is 20.5. The van der Waals surface area contributed by atoms with Crippen LogP contribution in [0.25, 0.3) is 11.4 Å². The van der Waals surface area contributed by atoms with E-state index < -0.39 is 0 Å². The summed E-state index contributed by atoms with van der Waals surface area (Å²) in [4.78, 5) is 18.8. The molecule has 1 amide bonds. The van der Waals surface area contributed by atoms with Crippen molar-refractivity contribution in [1.82, 2.24) is 15.0 Å². The molecule has 0 saturated carbocycles. The summed E-state index contributed by atoms with van der Waals surface area (Å²) >= 11 is 0. The van der Waals surface area contributed by atoms with Crippen molar-refractivity contribution < 1.29 is 9.32 Å². The number of amides is 1. The van der Waals surface area contributed by atoms with E-state index in [1.165, 1.54) is 5.56 Å². The van der Waals surface area contributed by atoms with Crippen LogP contribution >= 0.6 is 0 Å². The monoisotopic (exact) mass is 377 g/mol. The summed E-state index contributed by atoms with van der Waals surface area (Å²) in [5.74, 6) is 0.880. The second-order valence-corrected chi connectivity index (χ2v) is 8.32. The number of aryl methyl sites for hydroxylation is 2. The second-order valence-electron chi connectivity index (χ2n) is 8.32. The Labute approximate surface area is 166 Å². The maximum Gasteiger partial charge on any atom is 0.254 e. The van der Waals surface area contributed by atoms with Gasteiger partial charge in [-0.1, -0.05) is 67.9 Å². The van der Waals surface area contributed by atoms with Gasteiger partial charge in [0.05, 0.1) is 6.54 Å². The Morgan fingerprint density at radius 2 is 1.75 bits per heavy atom. The number of benzene rings is 2. The summed E-state index contributed by atoms with van der Waals surface area (Å²) < 4.78 is 5.37. The molecule has 0 saturated heterocycles. The number of hydrogen-bond donors (Lipinski definition) is 0. The lowest BCUT2D eigenvalue weighted by Crippen LogP contribution is -2.27.